The monoisotopic (exact) mass is 661 g/mol. The third-order valence-electron chi connectivity index (χ3n) is 8.02. The largest absolute Gasteiger partial charge is 0.490 e. The predicted molar refractivity (Wildman–Crippen MR) is 175 cm³/mol. The third kappa shape index (κ3) is 5.56. The second kappa shape index (κ2) is 11.8. The molecule has 0 saturated heterocycles. The van der Waals surface area contributed by atoms with Crippen molar-refractivity contribution >= 4 is 48.5 Å². The molecule has 12 heteroatoms. The van der Waals surface area contributed by atoms with E-state index in [9.17, 15) is 17.6 Å². The van der Waals surface area contributed by atoms with Gasteiger partial charge in [-0.05, 0) is 46.8 Å². The van der Waals surface area contributed by atoms with Crippen LogP contribution in [0.4, 0.5) is 4.39 Å². The summed E-state index contributed by atoms with van der Waals surface area (Å²) in [5.74, 6) is -0.140. The van der Waals surface area contributed by atoms with Gasteiger partial charge in [0.05, 0.1) is 36.0 Å². The molecule has 1 amide bonds. The van der Waals surface area contributed by atoms with Crippen molar-refractivity contribution in [2.75, 3.05) is 26.9 Å². The fourth-order valence-corrected chi connectivity index (χ4v) is 9.57. The fraction of sp³-hybridized carbons (Fsp3) is 0.242. The van der Waals surface area contributed by atoms with Crippen LogP contribution in [0.5, 0.6) is 5.75 Å². The van der Waals surface area contributed by atoms with Gasteiger partial charge in [-0.3, -0.25) is 4.79 Å². The van der Waals surface area contributed by atoms with Crippen LogP contribution in [0.1, 0.15) is 21.7 Å². The Morgan fingerprint density at radius 1 is 1.09 bits per heavy atom. The summed E-state index contributed by atoms with van der Waals surface area (Å²) in [7, 11) is -1.60. The van der Waals surface area contributed by atoms with Crippen molar-refractivity contribution in [2.24, 2.45) is 0 Å². The molecule has 0 atom stereocenters. The minimum Gasteiger partial charge on any atom is -0.490 e. The number of sulfone groups is 1. The molecule has 2 aliphatic rings. The van der Waals surface area contributed by atoms with Crippen LogP contribution in [0.3, 0.4) is 0 Å². The number of fused-ring (bicyclic) bond motifs is 3. The molecular weight excluding hydrogens is 634 g/mol. The summed E-state index contributed by atoms with van der Waals surface area (Å²) in [6.45, 7) is 5.18. The first-order valence-corrected chi connectivity index (χ1v) is 17.8. The summed E-state index contributed by atoms with van der Waals surface area (Å²) in [5.41, 5.74) is 6.08. The van der Waals surface area contributed by atoms with Crippen LogP contribution in [0.2, 0.25) is 0 Å². The van der Waals surface area contributed by atoms with Crippen molar-refractivity contribution < 1.29 is 27.1 Å². The predicted octanol–water partition coefficient (Wildman–Crippen LogP) is 6.42. The molecule has 5 heterocycles. The number of ether oxygens (including phenoxy) is 2. The quantitative estimate of drug-likeness (QED) is 0.140. The first kappa shape index (κ1) is 29.7. The Kier molecular flexibility index (Phi) is 7.76. The number of hydrogen-bond donors (Lipinski definition) is 0. The maximum atomic E-state index is 14.6. The summed E-state index contributed by atoms with van der Waals surface area (Å²) >= 11 is 3.02. The van der Waals surface area contributed by atoms with E-state index in [1.807, 2.05) is 29.6 Å². The van der Waals surface area contributed by atoms with Crippen LogP contribution >= 0.6 is 22.7 Å². The average molecular weight is 662 g/mol. The third-order valence-corrected chi connectivity index (χ3v) is 11.5. The van der Waals surface area contributed by atoms with Crippen LogP contribution in [0.25, 0.3) is 43.2 Å². The molecule has 7 rings (SSSR count). The van der Waals surface area contributed by atoms with Gasteiger partial charge >= 0.3 is 0 Å². The van der Waals surface area contributed by atoms with E-state index in [0.717, 1.165) is 42.9 Å². The van der Waals surface area contributed by atoms with Crippen LogP contribution in [-0.4, -0.2) is 56.1 Å². The number of pyridine rings is 1. The van der Waals surface area contributed by atoms with Crippen LogP contribution in [0, 0.1) is 5.82 Å². The highest BCUT2D eigenvalue weighted by Gasteiger charge is 2.29. The van der Waals surface area contributed by atoms with Crippen molar-refractivity contribution in [1.82, 2.24) is 14.9 Å². The Morgan fingerprint density at radius 2 is 1.93 bits per heavy atom. The summed E-state index contributed by atoms with van der Waals surface area (Å²) in [4.78, 5) is 25.4. The molecule has 45 heavy (non-hydrogen) atoms. The van der Waals surface area contributed by atoms with Crippen LogP contribution in [0.15, 0.2) is 60.5 Å². The Bertz CT molecular complexity index is 2100. The lowest BCUT2D eigenvalue weighted by Gasteiger charge is -2.24. The number of halogens is 1. The summed E-state index contributed by atoms with van der Waals surface area (Å²) in [6.07, 6.45) is 1.93. The highest BCUT2D eigenvalue weighted by molar-refractivity contribution is 7.90. The molecule has 0 N–H and O–H groups in total. The van der Waals surface area contributed by atoms with Gasteiger partial charge in [-0.2, -0.15) is 0 Å². The second-order valence-electron chi connectivity index (χ2n) is 10.9. The van der Waals surface area contributed by atoms with Crippen molar-refractivity contribution in [3.8, 4) is 38.8 Å². The summed E-state index contributed by atoms with van der Waals surface area (Å²) < 4.78 is 51.5. The number of amides is 1. The molecule has 0 spiro atoms. The number of rotatable bonds is 8. The van der Waals surface area contributed by atoms with Crippen LogP contribution < -0.4 is 4.74 Å². The molecule has 2 aliphatic heterocycles. The maximum Gasteiger partial charge on any atom is 0.246 e. The van der Waals surface area contributed by atoms with Crippen molar-refractivity contribution in [3.63, 3.8) is 0 Å². The maximum absolute atomic E-state index is 14.6. The summed E-state index contributed by atoms with van der Waals surface area (Å²) in [5, 5.41) is 3.55. The van der Waals surface area contributed by atoms with Crippen LogP contribution in [-0.2, 0) is 43.8 Å². The van der Waals surface area contributed by atoms with Gasteiger partial charge in [0.25, 0.3) is 0 Å². The molecule has 0 bridgehead atoms. The molecule has 0 fully saturated rings. The Hall–Kier alpha value is -3.97. The van der Waals surface area contributed by atoms with E-state index >= 15 is 0 Å². The van der Waals surface area contributed by atoms with Gasteiger partial charge < -0.3 is 14.4 Å². The van der Waals surface area contributed by atoms with Gasteiger partial charge in [-0.1, -0.05) is 18.7 Å². The van der Waals surface area contributed by atoms with E-state index < -0.39 is 15.7 Å². The molecular formula is C33H28FN3O5S3. The SMILES string of the molecule is C=CC(=O)N1CCc2nc(-c3nc(-c4ccc5c(c4)CS(=O)(=O)C5)c4ccsc4c3-c3ccc(F)cc3OCCOC)sc2C1. The number of benzene rings is 2. The van der Waals surface area contributed by atoms with E-state index in [1.54, 1.807) is 18.1 Å². The number of thiophene rings is 1. The lowest BCUT2D eigenvalue weighted by Crippen LogP contribution is -2.34. The Balaban J connectivity index is 1.45. The lowest BCUT2D eigenvalue weighted by molar-refractivity contribution is -0.126. The molecule has 230 valence electrons. The van der Waals surface area contributed by atoms with Gasteiger partial charge in [0, 0.05) is 57.8 Å². The van der Waals surface area contributed by atoms with E-state index in [2.05, 4.69) is 6.58 Å². The number of methoxy groups -OCH3 is 1. The fourth-order valence-electron chi connectivity index (χ4n) is 5.89. The molecule has 0 radical (unpaired) electrons. The molecule has 0 unspecified atom stereocenters. The van der Waals surface area contributed by atoms with E-state index in [-0.39, 0.29) is 24.0 Å². The number of aromatic nitrogens is 2. The number of carbonyl (C=O) groups is 1. The normalized spacial score (nSPS) is 15.2. The van der Waals surface area contributed by atoms with Gasteiger partial charge in [0.1, 0.15) is 28.9 Å². The standard InChI is InChI=1S/C33H28FN3O5S3/c1-3-28(38)37-10-8-25-27(16-37)44-33(35-25)31-29(23-7-6-22(34)15-26(23)42-12-11-41-2)32-24(9-13-43-32)30(36-31)19-4-5-20-17-45(39,40)18-21(20)14-19/h3-7,9,13-15H,1,8,10-12,16-18H2,2H3. The Morgan fingerprint density at radius 3 is 2.76 bits per heavy atom. The molecule has 0 saturated carbocycles. The van der Waals surface area contributed by atoms with Gasteiger partial charge in [0.2, 0.25) is 5.91 Å². The smallest absolute Gasteiger partial charge is 0.246 e. The molecule has 5 aromatic rings. The zero-order chi connectivity index (χ0) is 31.3. The summed E-state index contributed by atoms with van der Waals surface area (Å²) in [6, 6.07) is 12.2. The van der Waals surface area contributed by atoms with E-state index in [1.165, 1.54) is 40.9 Å². The second-order valence-corrected chi connectivity index (χ2v) is 15.0. The Labute approximate surface area is 267 Å². The molecule has 0 aliphatic carbocycles. The first-order valence-electron chi connectivity index (χ1n) is 14.3. The zero-order valence-corrected chi connectivity index (χ0v) is 26.8. The highest BCUT2D eigenvalue weighted by atomic mass is 32.2. The minimum atomic E-state index is -3.18. The van der Waals surface area contributed by atoms with Gasteiger partial charge in [0.15, 0.2) is 9.84 Å². The molecule has 2 aromatic carbocycles. The number of thiazole rings is 1. The van der Waals surface area contributed by atoms with E-state index in [0.29, 0.717) is 53.8 Å². The highest BCUT2D eigenvalue weighted by Crippen LogP contribution is 2.47. The molecule has 3 aromatic heterocycles. The topological polar surface area (TPSA) is 98.7 Å². The zero-order valence-electron chi connectivity index (χ0n) is 24.3. The lowest BCUT2D eigenvalue weighted by atomic mass is 9.97. The average Bonchev–Trinajstić information content (AvgIpc) is 3.75. The van der Waals surface area contributed by atoms with Crippen molar-refractivity contribution in [3.05, 3.63) is 88.0 Å². The number of nitrogens with zero attached hydrogens (tertiary/aromatic N) is 3. The van der Waals surface area contributed by atoms with Gasteiger partial charge in [-0.15, -0.1) is 22.7 Å². The molecule has 8 nitrogen and oxygen atoms in total. The first-order chi connectivity index (χ1) is 21.7. The number of hydrogen-bond acceptors (Lipinski definition) is 9. The van der Waals surface area contributed by atoms with E-state index in [4.69, 9.17) is 19.4 Å². The van der Waals surface area contributed by atoms with Crippen molar-refractivity contribution in [2.45, 2.75) is 24.5 Å². The van der Waals surface area contributed by atoms with Crippen molar-refractivity contribution in [1.29, 1.82) is 0 Å². The number of carbonyl (C=O) groups excluding carboxylic acids is 1. The minimum absolute atomic E-state index is 0.00474. The van der Waals surface area contributed by atoms with Gasteiger partial charge in [-0.25, -0.2) is 22.8 Å².